The molecule has 116 valence electrons. The largest absolute Gasteiger partial charge is 0.390 e. The third-order valence-corrected chi connectivity index (χ3v) is 3.72. The lowest BCUT2D eigenvalue weighted by atomic mass is 9.90. The van der Waals surface area contributed by atoms with E-state index < -0.39 is 5.60 Å². The molecule has 0 fully saturated rings. The molecule has 2 rings (SSSR count). The Morgan fingerprint density at radius 2 is 1.64 bits per heavy atom. The van der Waals surface area contributed by atoms with Crippen molar-refractivity contribution in [2.45, 2.75) is 45.6 Å². The normalized spacial score (nSPS) is 11.7. The second-order valence-corrected chi connectivity index (χ2v) is 6.75. The fourth-order valence-electron chi connectivity index (χ4n) is 2.54. The first-order valence-electron chi connectivity index (χ1n) is 7.73. The first-order chi connectivity index (χ1) is 10.3. The molecule has 0 radical (unpaired) electrons. The van der Waals surface area contributed by atoms with Gasteiger partial charge >= 0.3 is 0 Å². The highest BCUT2D eigenvalue weighted by atomic mass is 16.3. The van der Waals surface area contributed by atoms with Crippen molar-refractivity contribution < 1.29 is 9.90 Å². The summed E-state index contributed by atoms with van der Waals surface area (Å²) in [6.07, 6.45) is 0.457. The highest BCUT2D eigenvalue weighted by molar-refractivity contribution is 6.09. The fraction of sp³-hybridized carbons (Fsp3) is 0.350. The molecule has 0 aliphatic heterocycles. The minimum absolute atomic E-state index is 0.00940. The maximum atomic E-state index is 12.8. The number of rotatable bonds is 5. The molecule has 2 nitrogen and oxygen atoms in total. The molecule has 0 aliphatic rings. The minimum atomic E-state index is -0.835. The molecular formula is C20H24O2. The first kappa shape index (κ1) is 16.4. The molecule has 2 heteroatoms. The predicted octanol–water partition coefficient (Wildman–Crippen LogP) is 4.35. The van der Waals surface area contributed by atoms with Crippen LogP contribution in [0.25, 0.3) is 0 Å². The quantitative estimate of drug-likeness (QED) is 0.833. The molecule has 0 unspecified atom stereocenters. The second-order valence-electron chi connectivity index (χ2n) is 6.75. The molecule has 0 bridgehead atoms. The lowest BCUT2D eigenvalue weighted by Crippen LogP contribution is -2.23. The van der Waals surface area contributed by atoms with Gasteiger partial charge in [-0.25, -0.2) is 0 Å². The van der Waals surface area contributed by atoms with Crippen molar-refractivity contribution in [3.63, 3.8) is 0 Å². The highest BCUT2D eigenvalue weighted by Gasteiger charge is 2.19. The van der Waals surface area contributed by atoms with E-state index >= 15 is 0 Å². The molecular weight excluding hydrogens is 272 g/mol. The Kier molecular flexibility index (Phi) is 4.82. The van der Waals surface area contributed by atoms with E-state index in [-0.39, 0.29) is 5.78 Å². The number of aliphatic hydroxyl groups is 1. The zero-order chi connectivity index (χ0) is 16.3. The molecule has 22 heavy (non-hydrogen) atoms. The third kappa shape index (κ3) is 4.05. The van der Waals surface area contributed by atoms with E-state index in [2.05, 4.69) is 13.8 Å². The van der Waals surface area contributed by atoms with Crippen LogP contribution in [-0.2, 0) is 6.42 Å². The van der Waals surface area contributed by atoms with Gasteiger partial charge < -0.3 is 5.11 Å². The maximum Gasteiger partial charge on any atom is 0.193 e. The van der Waals surface area contributed by atoms with Crippen molar-refractivity contribution in [2.24, 2.45) is 0 Å². The van der Waals surface area contributed by atoms with Crippen LogP contribution in [-0.4, -0.2) is 16.5 Å². The molecule has 0 atom stereocenters. The van der Waals surface area contributed by atoms with Crippen LogP contribution < -0.4 is 0 Å². The van der Waals surface area contributed by atoms with E-state index in [9.17, 15) is 9.90 Å². The van der Waals surface area contributed by atoms with Crippen molar-refractivity contribution in [3.8, 4) is 0 Å². The molecule has 0 saturated carbocycles. The Morgan fingerprint density at radius 1 is 1.05 bits per heavy atom. The summed E-state index contributed by atoms with van der Waals surface area (Å²) in [5.41, 5.74) is 2.63. The smallest absolute Gasteiger partial charge is 0.193 e. The molecule has 1 N–H and O–H groups in total. The summed E-state index contributed by atoms with van der Waals surface area (Å²) in [5.74, 6) is 0.460. The fourth-order valence-corrected chi connectivity index (χ4v) is 2.54. The van der Waals surface area contributed by atoms with Gasteiger partial charge in [0.05, 0.1) is 5.60 Å². The monoisotopic (exact) mass is 296 g/mol. The number of carbonyl (C=O) groups is 1. The Bertz CT molecular complexity index is 646. The van der Waals surface area contributed by atoms with E-state index in [4.69, 9.17) is 0 Å². The first-order valence-corrected chi connectivity index (χ1v) is 7.73. The summed E-state index contributed by atoms with van der Waals surface area (Å²) < 4.78 is 0. The van der Waals surface area contributed by atoms with E-state index in [1.165, 1.54) is 5.56 Å². The maximum absolute atomic E-state index is 12.8. The molecule has 2 aromatic rings. The van der Waals surface area contributed by atoms with Crippen LogP contribution in [0.4, 0.5) is 0 Å². The minimum Gasteiger partial charge on any atom is -0.390 e. The molecule has 0 saturated heterocycles. The zero-order valence-corrected chi connectivity index (χ0v) is 13.8. The van der Waals surface area contributed by atoms with E-state index in [0.29, 0.717) is 23.5 Å². The summed E-state index contributed by atoms with van der Waals surface area (Å²) in [6, 6.07) is 15.3. The summed E-state index contributed by atoms with van der Waals surface area (Å²) in [4.78, 5) is 12.8. The lowest BCUT2D eigenvalue weighted by Gasteiger charge is -2.19. The van der Waals surface area contributed by atoms with Crippen molar-refractivity contribution >= 4 is 5.78 Å². The molecule has 0 spiro atoms. The lowest BCUT2D eigenvalue weighted by molar-refractivity contribution is 0.0806. The van der Waals surface area contributed by atoms with Crippen molar-refractivity contribution in [1.82, 2.24) is 0 Å². The van der Waals surface area contributed by atoms with Crippen molar-refractivity contribution in [2.75, 3.05) is 0 Å². The van der Waals surface area contributed by atoms with Crippen LogP contribution in [0.15, 0.2) is 48.5 Å². The van der Waals surface area contributed by atoms with E-state index in [1.54, 1.807) is 13.8 Å². The van der Waals surface area contributed by atoms with Crippen LogP contribution in [0.1, 0.15) is 60.7 Å². The molecule has 0 amide bonds. The number of benzene rings is 2. The van der Waals surface area contributed by atoms with Gasteiger partial charge in [0.1, 0.15) is 0 Å². The summed E-state index contributed by atoms with van der Waals surface area (Å²) in [7, 11) is 0. The van der Waals surface area contributed by atoms with Gasteiger partial charge in [-0.1, -0.05) is 62.4 Å². The van der Waals surface area contributed by atoms with Gasteiger partial charge in [-0.15, -0.1) is 0 Å². The number of hydrogen-bond acceptors (Lipinski definition) is 2. The molecule has 0 aliphatic carbocycles. The van der Waals surface area contributed by atoms with Crippen LogP contribution >= 0.6 is 0 Å². The van der Waals surface area contributed by atoms with Crippen molar-refractivity contribution in [1.29, 1.82) is 0 Å². The Balaban J connectivity index is 2.33. The molecule has 0 aromatic heterocycles. The summed E-state index contributed by atoms with van der Waals surface area (Å²) >= 11 is 0. The van der Waals surface area contributed by atoms with Gasteiger partial charge in [-0.2, -0.15) is 0 Å². The Morgan fingerprint density at radius 3 is 2.18 bits per heavy atom. The Hall–Kier alpha value is -1.93. The summed E-state index contributed by atoms with van der Waals surface area (Å²) in [6.45, 7) is 7.78. The van der Waals surface area contributed by atoms with Crippen molar-refractivity contribution in [3.05, 3.63) is 70.8 Å². The van der Waals surface area contributed by atoms with Crippen LogP contribution in [0.3, 0.4) is 0 Å². The number of carbonyl (C=O) groups excluding carboxylic acids is 1. The van der Waals surface area contributed by atoms with Gasteiger partial charge in [0.15, 0.2) is 5.78 Å². The SMILES string of the molecule is CC(C)c1ccc(C(=O)c2ccccc2CC(C)(C)O)cc1. The van der Waals surface area contributed by atoms with Gasteiger partial charge in [-0.05, 0) is 30.9 Å². The average molecular weight is 296 g/mol. The summed E-state index contributed by atoms with van der Waals surface area (Å²) in [5, 5.41) is 10.0. The van der Waals surface area contributed by atoms with Gasteiger partial charge in [-0.3, -0.25) is 4.79 Å². The standard InChI is InChI=1S/C20H24O2/c1-14(2)15-9-11-16(12-10-15)19(21)18-8-6-5-7-17(18)13-20(3,4)22/h5-12,14,22H,13H2,1-4H3. The highest BCUT2D eigenvalue weighted by Crippen LogP contribution is 2.21. The average Bonchev–Trinajstić information content (AvgIpc) is 2.45. The van der Waals surface area contributed by atoms with Crippen LogP contribution in [0.2, 0.25) is 0 Å². The second kappa shape index (κ2) is 6.45. The third-order valence-electron chi connectivity index (χ3n) is 3.72. The number of hydrogen-bond donors (Lipinski definition) is 1. The van der Waals surface area contributed by atoms with Gasteiger partial charge in [0.25, 0.3) is 0 Å². The Labute approximate surface area is 132 Å². The predicted molar refractivity (Wildman–Crippen MR) is 90.4 cm³/mol. The van der Waals surface area contributed by atoms with E-state index in [0.717, 1.165) is 5.56 Å². The molecule has 0 heterocycles. The topological polar surface area (TPSA) is 37.3 Å². The number of ketones is 1. The van der Waals surface area contributed by atoms with Gasteiger partial charge in [0.2, 0.25) is 0 Å². The zero-order valence-electron chi connectivity index (χ0n) is 13.8. The van der Waals surface area contributed by atoms with Gasteiger partial charge in [0, 0.05) is 17.5 Å². The van der Waals surface area contributed by atoms with Crippen LogP contribution in [0.5, 0.6) is 0 Å². The van der Waals surface area contributed by atoms with Crippen LogP contribution in [0, 0.1) is 0 Å². The molecule has 2 aromatic carbocycles. The van der Waals surface area contributed by atoms with E-state index in [1.807, 2.05) is 48.5 Å².